The monoisotopic (exact) mass is 673 g/mol. The van der Waals surface area contributed by atoms with Gasteiger partial charge in [-0.05, 0) is 62.4 Å². The van der Waals surface area contributed by atoms with Crippen LogP contribution in [0, 0.1) is 17.7 Å². The lowest BCUT2D eigenvalue weighted by Crippen LogP contribution is -2.59. The van der Waals surface area contributed by atoms with Crippen molar-refractivity contribution in [2.24, 2.45) is 11.8 Å². The Balaban J connectivity index is 1.53. The fourth-order valence-corrected chi connectivity index (χ4v) is 6.58. The number of halogens is 2. The van der Waals surface area contributed by atoms with Crippen LogP contribution in [0.3, 0.4) is 0 Å². The number of alkyl halides is 1. The first-order valence-corrected chi connectivity index (χ1v) is 16.7. The zero-order valence-electron chi connectivity index (χ0n) is 28.5. The van der Waals surface area contributed by atoms with E-state index in [1.807, 2.05) is 11.8 Å². The summed E-state index contributed by atoms with van der Waals surface area (Å²) in [7, 11) is 3.16. The van der Waals surface area contributed by atoms with E-state index in [0.717, 1.165) is 25.7 Å². The van der Waals surface area contributed by atoms with Crippen LogP contribution < -0.4 is 16.0 Å². The number of nitrogens with one attached hydrogen (secondary N) is 3. The highest BCUT2D eigenvalue weighted by Crippen LogP contribution is 2.32. The van der Waals surface area contributed by atoms with Crippen LogP contribution in [0.25, 0.3) is 0 Å². The van der Waals surface area contributed by atoms with E-state index in [4.69, 9.17) is 4.74 Å². The Bertz CT molecular complexity index is 1430. The van der Waals surface area contributed by atoms with Gasteiger partial charge in [-0.2, -0.15) is 5.10 Å². The van der Waals surface area contributed by atoms with Gasteiger partial charge in [0.1, 0.15) is 36.9 Å². The molecule has 2 aliphatic rings. The lowest BCUT2D eigenvalue weighted by Gasteiger charge is -2.40. The number of piperazine rings is 1. The molecule has 264 valence electrons. The Kier molecular flexibility index (Phi) is 13.0. The molecule has 2 fully saturated rings. The summed E-state index contributed by atoms with van der Waals surface area (Å²) in [5.74, 6) is -2.89. The molecule has 14 heteroatoms. The van der Waals surface area contributed by atoms with Crippen LogP contribution in [0.4, 0.5) is 14.5 Å². The summed E-state index contributed by atoms with van der Waals surface area (Å²) >= 11 is 0. The summed E-state index contributed by atoms with van der Waals surface area (Å²) in [6, 6.07) is 3.41. The van der Waals surface area contributed by atoms with Gasteiger partial charge in [0.25, 0.3) is 5.91 Å². The van der Waals surface area contributed by atoms with Gasteiger partial charge in [-0.1, -0.05) is 32.8 Å². The molecule has 1 aromatic heterocycles. The molecule has 2 aromatic rings. The Morgan fingerprint density at radius 3 is 2.46 bits per heavy atom. The molecule has 12 nitrogen and oxygen atoms in total. The quantitative estimate of drug-likeness (QED) is 0.297. The molecule has 4 rings (SSSR count). The van der Waals surface area contributed by atoms with Crippen LogP contribution in [0.15, 0.2) is 30.5 Å². The first kappa shape index (κ1) is 36.9. The van der Waals surface area contributed by atoms with Crippen LogP contribution in [0.2, 0.25) is 0 Å². The molecule has 48 heavy (non-hydrogen) atoms. The molecule has 1 saturated heterocycles. The largest absolute Gasteiger partial charge is 0.375 e. The van der Waals surface area contributed by atoms with Crippen molar-refractivity contribution < 1.29 is 32.7 Å². The Morgan fingerprint density at radius 2 is 1.81 bits per heavy atom. The van der Waals surface area contributed by atoms with Gasteiger partial charge in [0.15, 0.2) is 0 Å². The topological polar surface area (TPSA) is 138 Å². The minimum Gasteiger partial charge on any atom is -0.375 e. The molecule has 1 saturated carbocycles. The molecule has 1 aliphatic carbocycles. The van der Waals surface area contributed by atoms with Gasteiger partial charge in [-0.25, -0.2) is 8.78 Å². The standard InChI is InChI=1S/C34H49F2N7O5/c1-6-43-28(13-14-37-43)32(45)40-31(23-9-7-21(2)8-10-23)33(46)38-27-12-11-24(17-26(27)36)22(3)30(39-29(44)20-48-5)34(47)42-16-15-41(4)25(18-35)19-42/h11-14,17,21-23,25,30-31H,6-10,15-16,18-20H2,1-5H3,(H,38,46)(H,39,44)(H,40,45)/t21?,22-,23?,25-,30+,31-/m0/s1. The average molecular weight is 674 g/mol. The molecule has 4 amide bonds. The van der Waals surface area contributed by atoms with Gasteiger partial charge in [0.2, 0.25) is 17.7 Å². The van der Waals surface area contributed by atoms with Gasteiger partial charge >= 0.3 is 0 Å². The number of aromatic nitrogens is 2. The lowest BCUT2D eigenvalue weighted by molar-refractivity contribution is -0.140. The van der Waals surface area contributed by atoms with E-state index < -0.39 is 60.2 Å². The summed E-state index contributed by atoms with van der Waals surface area (Å²) in [5, 5.41) is 12.4. The number of methoxy groups -OCH3 is 1. The lowest BCUT2D eigenvalue weighted by atomic mass is 9.79. The molecule has 1 aromatic carbocycles. The number of carbonyl (C=O) groups excluding carboxylic acids is 4. The third-order valence-corrected chi connectivity index (χ3v) is 9.75. The fourth-order valence-electron chi connectivity index (χ4n) is 6.58. The maximum absolute atomic E-state index is 15.7. The van der Waals surface area contributed by atoms with Crippen molar-refractivity contribution in [1.82, 2.24) is 30.2 Å². The zero-order chi connectivity index (χ0) is 35.0. The molecule has 0 bridgehead atoms. The van der Waals surface area contributed by atoms with Gasteiger partial charge < -0.3 is 25.6 Å². The van der Waals surface area contributed by atoms with E-state index >= 15 is 4.39 Å². The van der Waals surface area contributed by atoms with Crippen LogP contribution >= 0.6 is 0 Å². The summed E-state index contributed by atoms with van der Waals surface area (Å²) in [6.07, 6.45) is 4.86. The van der Waals surface area contributed by atoms with Crippen LogP contribution in [0.5, 0.6) is 0 Å². The number of ether oxygens (including phenoxy) is 1. The number of benzene rings is 1. The van der Waals surface area contributed by atoms with E-state index in [0.29, 0.717) is 36.8 Å². The van der Waals surface area contributed by atoms with Gasteiger partial charge in [0.05, 0.1) is 11.7 Å². The number of hydrogen-bond donors (Lipinski definition) is 3. The minimum absolute atomic E-state index is 0.0749. The Hall–Kier alpha value is -3.91. The van der Waals surface area contributed by atoms with Crippen molar-refractivity contribution in [3.05, 3.63) is 47.5 Å². The second-order valence-electron chi connectivity index (χ2n) is 13.1. The van der Waals surface area contributed by atoms with Crippen molar-refractivity contribution in [2.45, 2.75) is 77.0 Å². The first-order chi connectivity index (χ1) is 23.0. The van der Waals surface area contributed by atoms with E-state index in [2.05, 4.69) is 28.0 Å². The summed E-state index contributed by atoms with van der Waals surface area (Å²) in [4.78, 5) is 56.6. The maximum atomic E-state index is 15.7. The molecule has 0 unspecified atom stereocenters. The summed E-state index contributed by atoms with van der Waals surface area (Å²) in [5.41, 5.74) is 0.674. The van der Waals surface area contributed by atoms with Crippen LogP contribution in [0.1, 0.15) is 68.4 Å². The average Bonchev–Trinajstić information content (AvgIpc) is 3.56. The smallest absolute Gasteiger partial charge is 0.270 e. The van der Waals surface area contributed by atoms with Gasteiger partial charge in [0, 0.05) is 45.4 Å². The molecular weight excluding hydrogens is 624 g/mol. The van der Waals surface area contributed by atoms with E-state index in [1.165, 1.54) is 30.3 Å². The maximum Gasteiger partial charge on any atom is 0.270 e. The second-order valence-corrected chi connectivity index (χ2v) is 13.1. The summed E-state index contributed by atoms with van der Waals surface area (Å²) < 4.78 is 35.8. The number of aryl methyl sites for hydroxylation is 1. The molecule has 3 N–H and O–H groups in total. The van der Waals surface area contributed by atoms with E-state index in [-0.39, 0.29) is 24.8 Å². The van der Waals surface area contributed by atoms with Gasteiger partial charge in [-0.3, -0.25) is 28.8 Å². The molecular formula is C34H49F2N7O5. The number of hydrogen-bond acceptors (Lipinski definition) is 7. The molecule has 0 spiro atoms. The van der Waals surface area contributed by atoms with Crippen molar-refractivity contribution in [1.29, 1.82) is 0 Å². The number of anilines is 1. The zero-order valence-corrected chi connectivity index (χ0v) is 28.5. The van der Waals surface area contributed by atoms with E-state index in [1.54, 1.807) is 30.8 Å². The molecule has 1 aliphatic heterocycles. The highest BCUT2D eigenvalue weighted by molar-refractivity contribution is 6.00. The first-order valence-electron chi connectivity index (χ1n) is 16.7. The van der Waals surface area contributed by atoms with E-state index in [9.17, 15) is 23.6 Å². The Labute approximate surface area is 280 Å². The van der Waals surface area contributed by atoms with Crippen LogP contribution in [-0.2, 0) is 25.7 Å². The van der Waals surface area contributed by atoms with Crippen LogP contribution in [-0.4, -0.2) is 108 Å². The number of carbonyl (C=O) groups is 4. The van der Waals surface area contributed by atoms with Gasteiger partial charge in [-0.15, -0.1) is 0 Å². The molecule has 0 radical (unpaired) electrons. The van der Waals surface area contributed by atoms with Crippen molar-refractivity contribution in [3.8, 4) is 0 Å². The highest BCUT2D eigenvalue weighted by atomic mass is 19.1. The SMILES string of the molecule is CCn1nccc1C(=O)N[C@H](C(=O)Nc1ccc([C@H](C)[C@@H](NC(=O)COC)C(=O)N2CCN(C)[C@@H](CF)C2)cc1F)C1CCC(C)CC1. The predicted octanol–water partition coefficient (Wildman–Crippen LogP) is 2.95. The molecule has 4 atom stereocenters. The third-order valence-electron chi connectivity index (χ3n) is 9.75. The second kappa shape index (κ2) is 17.0. The number of rotatable bonds is 13. The fraction of sp³-hybridized carbons (Fsp3) is 0.618. The van der Waals surface area contributed by atoms with Crippen molar-refractivity contribution in [3.63, 3.8) is 0 Å². The molecule has 2 heterocycles. The minimum atomic E-state index is -1.07. The number of likely N-dealkylation sites (N-methyl/N-ethyl adjacent to an activating group) is 1. The number of amides is 4. The normalized spacial score (nSPS) is 22.0. The predicted molar refractivity (Wildman–Crippen MR) is 177 cm³/mol. The number of nitrogens with zero attached hydrogens (tertiary/aromatic N) is 4. The highest BCUT2D eigenvalue weighted by Gasteiger charge is 2.37. The van der Waals surface area contributed by atoms with Crippen molar-refractivity contribution in [2.75, 3.05) is 52.4 Å². The third kappa shape index (κ3) is 8.95. The summed E-state index contributed by atoms with van der Waals surface area (Å²) in [6.45, 7) is 6.30. The van der Waals surface area contributed by atoms with Crippen molar-refractivity contribution >= 4 is 29.3 Å². The Morgan fingerprint density at radius 1 is 1.08 bits per heavy atom.